The predicted octanol–water partition coefficient (Wildman–Crippen LogP) is 2.45. The lowest BCUT2D eigenvalue weighted by atomic mass is 9.85. The molecule has 1 aromatic rings. The molecule has 3 aliphatic rings. The highest BCUT2D eigenvalue weighted by atomic mass is 35.5. The lowest BCUT2D eigenvalue weighted by Crippen LogP contribution is -2.33. The van der Waals surface area contributed by atoms with Gasteiger partial charge in [-0.3, -0.25) is 19.3 Å². The van der Waals surface area contributed by atoms with Crippen LogP contribution < -0.4 is 9.47 Å². The highest BCUT2D eigenvalue weighted by Gasteiger charge is 2.46. The summed E-state index contributed by atoms with van der Waals surface area (Å²) in [6.07, 6.45) is 4.99. The number of carbonyl (C=O) groups is 3. The molecule has 1 fully saturated rings. The Morgan fingerprint density at radius 3 is 2.56 bits per heavy atom. The van der Waals surface area contributed by atoms with Gasteiger partial charge < -0.3 is 14.2 Å². The third-order valence-electron chi connectivity index (χ3n) is 5.03. The van der Waals surface area contributed by atoms with Gasteiger partial charge in [-0.2, -0.15) is 0 Å². The number of amides is 2. The molecule has 0 bridgehead atoms. The van der Waals surface area contributed by atoms with Crippen LogP contribution in [0.1, 0.15) is 24.8 Å². The number of hydrogen-bond acceptors (Lipinski definition) is 6. The Labute approximate surface area is 160 Å². The molecule has 7 nitrogen and oxygen atoms in total. The molecule has 2 amide bonds. The molecule has 1 aliphatic carbocycles. The third kappa shape index (κ3) is 3.39. The average molecular weight is 392 g/mol. The van der Waals surface area contributed by atoms with E-state index in [-0.39, 0.29) is 50.0 Å². The molecule has 0 saturated carbocycles. The summed E-state index contributed by atoms with van der Waals surface area (Å²) in [5, 5.41) is 0.389. The second kappa shape index (κ2) is 7.23. The number of carbonyl (C=O) groups excluding carboxylic acids is 3. The van der Waals surface area contributed by atoms with Crippen LogP contribution >= 0.6 is 11.6 Å². The normalized spacial score (nSPS) is 22.9. The Morgan fingerprint density at radius 1 is 1.15 bits per heavy atom. The van der Waals surface area contributed by atoms with Crippen molar-refractivity contribution in [2.75, 3.05) is 13.3 Å². The molecular formula is C19H18ClNO6. The highest BCUT2D eigenvalue weighted by Crippen LogP contribution is 2.40. The van der Waals surface area contributed by atoms with Crippen molar-refractivity contribution in [2.45, 2.75) is 25.9 Å². The van der Waals surface area contributed by atoms with Gasteiger partial charge in [0.2, 0.25) is 18.6 Å². The number of rotatable bonds is 5. The molecule has 1 saturated heterocycles. The predicted molar refractivity (Wildman–Crippen MR) is 94.1 cm³/mol. The van der Waals surface area contributed by atoms with Gasteiger partial charge >= 0.3 is 5.97 Å². The minimum Gasteiger partial charge on any atom is -0.461 e. The van der Waals surface area contributed by atoms with E-state index < -0.39 is 5.97 Å². The van der Waals surface area contributed by atoms with Crippen LogP contribution in [0.4, 0.5) is 0 Å². The van der Waals surface area contributed by atoms with Crippen LogP contribution in [0, 0.1) is 11.8 Å². The van der Waals surface area contributed by atoms with Gasteiger partial charge in [0.25, 0.3) is 0 Å². The van der Waals surface area contributed by atoms with Crippen LogP contribution in [0.2, 0.25) is 5.02 Å². The van der Waals surface area contributed by atoms with Gasteiger partial charge in [0.05, 0.1) is 23.3 Å². The summed E-state index contributed by atoms with van der Waals surface area (Å²) >= 11 is 6.10. The van der Waals surface area contributed by atoms with E-state index in [1.165, 1.54) is 4.90 Å². The maximum atomic E-state index is 12.4. The molecule has 0 spiro atoms. The molecular weight excluding hydrogens is 374 g/mol. The van der Waals surface area contributed by atoms with Crippen molar-refractivity contribution < 1.29 is 28.6 Å². The fourth-order valence-corrected chi connectivity index (χ4v) is 3.92. The summed E-state index contributed by atoms with van der Waals surface area (Å²) in [7, 11) is 0. The van der Waals surface area contributed by atoms with Crippen molar-refractivity contribution in [1.29, 1.82) is 0 Å². The summed E-state index contributed by atoms with van der Waals surface area (Å²) in [5.74, 6) is -0.442. The van der Waals surface area contributed by atoms with Gasteiger partial charge in [-0.1, -0.05) is 23.8 Å². The average Bonchev–Trinajstić information content (AvgIpc) is 3.23. The van der Waals surface area contributed by atoms with Crippen molar-refractivity contribution in [3.05, 3.63) is 34.9 Å². The van der Waals surface area contributed by atoms with Gasteiger partial charge in [0.15, 0.2) is 11.5 Å². The summed E-state index contributed by atoms with van der Waals surface area (Å²) in [4.78, 5) is 38.0. The Bertz CT molecular complexity index is 810. The highest BCUT2D eigenvalue weighted by molar-refractivity contribution is 6.32. The monoisotopic (exact) mass is 391 g/mol. The fraction of sp³-hybridized carbons (Fsp3) is 0.421. The number of esters is 1. The Morgan fingerprint density at radius 2 is 1.85 bits per heavy atom. The number of nitrogens with zero attached hydrogens (tertiary/aromatic N) is 1. The molecule has 2 heterocycles. The molecule has 2 aliphatic heterocycles. The number of hydrogen-bond donors (Lipinski definition) is 0. The van der Waals surface area contributed by atoms with Crippen LogP contribution in [0.3, 0.4) is 0 Å². The first-order valence-corrected chi connectivity index (χ1v) is 9.16. The van der Waals surface area contributed by atoms with Crippen molar-refractivity contribution >= 4 is 29.4 Å². The number of halogens is 1. The fourth-order valence-electron chi connectivity index (χ4n) is 3.63. The number of allylic oxidation sites excluding steroid dienone is 2. The second-order valence-corrected chi connectivity index (χ2v) is 7.11. The third-order valence-corrected chi connectivity index (χ3v) is 5.31. The Balaban J connectivity index is 1.30. The van der Waals surface area contributed by atoms with E-state index in [1.807, 2.05) is 12.2 Å². The van der Waals surface area contributed by atoms with Crippen molar-refractivity contribution in [2.24, 2.45) is 11.8 Å². The molecule has 2 atom stereocenters. The van der Waals surface area contributed by atoms with Crippen molar-refractivity contribution in [3.8, 4) is 11.5 Å². The van der Waals surface area contributed by atoms with E-state index in [0.717, 1.165) is 0 Å². The van der Waals surface area contributed by atoms with E-state index in [4.69, 9.17) is 25.8 Å². The van der Waals surface area contributed by atoms with Gasteiger partial charge in [-0.25, -0.2) is 0 Å². The smallest absolute Gasteiger partial charge is 0.307 e. The van der Waals surface area contributed by atoms with Crippen LogP contribution in [-0.2, 0) is 25.7 Å². The lowest BCUT2D eigenvalue weighted by molar-refractivity contribution is -0.146. The first-order valence-electron chi connectivity index (χ1n) is 8.78. The number of ether oxygens (including phenoxy) is 3. The maximum absolute atomic E-state index is 12.4. The molecule has 0 N–H and O–H groups in total. The summed E-state index contributed by atoms with van der Waals surface area (Å²) in [6.45, 7) is 0.172. The van der Waals surface area contributed by atoms with E-state index in [9.17, 15) is 14.4 Å². The van der Waals surface area contributed by atoms with E-state index >= 15 is 0 Å². The zero-order valence-corrected chi connectivity index (χ0v) is 15.2. The van der Waals surface area contributed by atoms with Crippen LogP contribution in [0.5, 0.6) is 11.5 Å². The Hall–Kier alpha value is -2.54. The van der Waals surface area contributed by atoms with E-state index in [1.54, 1.807) is 12.1 Å². The van der Waals surface area contributed by atoms with Crippen molar-refractivity contribution in [3.63, 3.8) is 0 Å². The molecule has 4 rings (SSSR count). The number of likely N-dealkylation sites (tertiary alicyclic amines) is 1. The molecule has 0 unspecified atom stereocenters. The second-order valence-electron chi connectivity index (χ2n) is 6.71. The zero-order chi connectivity index (χ0) is 19.0. The van der Waals surface area contributed by atoms with Crippen LogP contribution in [0.15, 0.2) is 24.3 Å². The standard InChI is InChI=1S/C19H18ClNO6/c20-14-7-11(8-15-17(14)27-10-26-15)9-25-16(22)5-6-21-18(23)12-3-1-2-4-13(12)19(21)24/h1-2,7-8,12-13H,3-6,9-10H2/t12-,13-/m1/s1. The van der Waals surface area contributed by atoms with Gasteiger partial charge in [-0.15, -0.1) is 0 Å². The molecule has 27 heavy (non-hydrogen) atoms. The molecule has 8 heteroatoms. The first-order chi connectivity index (χ1) is 13.0. The zero-order valence-electron chi connectivity index (χ0n) is 14.5. The number of imide groups is 1. The van der Waals surface area contributed by atoms with Crippen LogP contribution in [0.25, 0.3) is 0 Å². The minimum absolute atomic E-state index is 0.0201. The minimum atomic E-state index is -0.489. The molecule has 0 radical (unpaired) electrons. The van der Waals surface area contributed by atoms with Crippen LogP contribution in [-0.4, -0.2) is 36.0 Å². The van der Waals surface area contributed by atoms with Crippen molar-refractivity contribution in [1.82, 2.24) is 4.90 Å². The summed E-state index contributed by atoms with van der Waals surface area (Å²) in [6, 6.07) is 3.35. The van der Waals surface area contributed by atoms with E-state index in [0.29, 0.717) is 34.9 Å². The SMILES string of the molecule is O=C(CCN1C(=O)[C@@H]2CC=CC[C@H]2C1=O)OCc1cc(Cl)c2c(c1)OCO2. The van der Waals surface area contributed by atoms with Gasteiger partial charge in [0, 0.05) is 6.54 Å². The largest absolute Gasteiger partial charge is 0.461 e. The van der Waals surface area contributed by atoms with Gasteiger partial charge in [-0.05, 0) is 30.5 Å². The number of benzene rings is 1. The van der Waals surface area contributed by atoms with Gasteiger partial charge in [0.1, 0.15) is 6.61 Å². The summed E-state index contributed by atoms with van der Waals surface area (Å²) < 4.78 is 15.7. The Kier molecular flexibility index (Phi) is 4.78. The number of fused-ring (bicyclic) bond motifs is 2. The summed E-state index contributed by atoms with van der Waals surface area (Å²) in [5.41, 5.74) is 0.669. The maximum Gasteiger partial charge on any atom is 0.307 e. The van der Waals surface area contributed by atoms with E-state index in [2.05, 4.69) is 0 Å². The topological polar surface area (TPSA) is 82.1 Å². The molecule has 142 valence electrons. The quantitative estimate of drug-likeness (QED) is 0.435. The first kappa shape index (κ1) is 17.9. The lowest BCUT2D eigenvalue weighted by Gasteiger charge is -2.14. The molecule has 1 aromatic carbocycles. The molecule has 0 aromatic heterocycles.